The fraction of sp³-hybridized carbons (Fsp3) is 0.125. The molecule has 0 radical (unpaired) electrons. The molecule has 0 spiro atoms. The molecule has 0 unspecified atom stereocenters. The van der Waals surface area contributed by atoms with Crippen molar-refractivity contribution in [3.63, 3.8) is 0 Å². The summed E-state index contributed by atoms with van der Waals surface area (Å²) in [6.07, 6.45) is 2.52. The first kappa shape index (κ1) is 9.25. The molecule has 78 valence electrons. The van der Waals surface area contributed by atoms with Crippen molar-refractivity contribution in [2.24, 2.45) is 12.8 Å². The zero-order chi connectivity index (χ0) is 10.8. The number of ether oxygens (including phenoxy) is 1. The quantitative estimate of drug-likeness (QED) is 0.754. The van der Waals surface area contributed by atoms with Crippen molar-refractivity contribution in [3.05, 3.63) is 24.5 Å². The molecule has 0 aliphatic carbocycles. The Hall–Kier alpha value is -2.31. The van der Waals surface area contributed by atoms with E-state index < -0.39 is 6.09 Å². The summed E-state index contributed by atoms with van der Waals surface area (Å²) in [7, 11) is 1.80. The highest BCUT2D eigenvalue weighted by Crippen LogP contribution is 2.09. The molecule has 7 heteroatoms. The number of aromatic nitrogens is 4. The van der Waals surface area contributed by atoms with Crippen LogP contribution in [0.2, 0.25) is 0 Å². The Morgan fingerprint density at radius 3 is 2.80 bits per heavy atom. The van der Waals surface area contributed by atoms with Crippen molar-refractivity contribution >= 4 is 6.09 Å². The van der Waals surface area contributed by atoms with Gasteiger partial charge in [0.25, 0.3) is 0 Å². The van der Waals surface area contributed by atoms with Gasteiger partial charge in [-0.3, -0.25) is 4.68 Å². The Labute approximate surface area is 85.0 Å². The van der Waals surface area contributed by atoms with E-state index in [1.807, 2.05) is 0 Å². The summed E-state index contributed by atoms with van der Waals surface area (Å²) >= 11 is 0. The molecule has 15 heavy (non-hydrogen) atoms. The minimum atomic E-state index is -0.888. The van der Waals surface area contributed by atoms with Gasteiger partial charge in [-0.2, -0.15) is 5.10 Å². The van der Waals surface area contributed by atoms with Gasteiger partial charge in [-0.15, -0.1) is 5.10 Å². The fourth-order valence-corrected chi connectivity index (χ4v) is 1.12. The number of carbonyl (C=O) groups is 1. The van der Waals surface area contributed by atoms with Crippen molar-refractivity contribution in [2.75, 3.05) is 0 Å². The van der Waals surface area contributed by atoms with E-state index in [2.05, 4.69) is 14.9 Å². The predicted molar refractivity (Wildman–Crippen MR) is 50.5 cm³/mol. The van der Waals surface area contributed by atoms with Crippen molar-refractivity contribution in [2.45, 2.75) is 0 Å². The molecule has 2 aromatic heterocycles. The van der Waals surface area contributed by atoms with Crippen LogP contribution in [0.1, 0.15) is 0 Å². The Morgan fingerprint density at radius 2 is 2.20 bits per heavy atom. The maximum atomic E-state index is 10.4. The molecular formula is C8H9N5O2. The normalized spacial score (nSPS) is 10.2. The van der Waals surface area contributed by atoms with Crippen LogP contribution in [0.3, 0.4) is 0 Å². The van der Waals surface area contributed by atoms with Gasteiger partial charge in [0.2, 0.25) is 5.88 Å². The minimum Gasteiger partial charge on any atom is -0.390 e. The third-order valence-electron chi connectivity index (χ3n) is 1.70. The lowest BCUT2D eigenvalue weighted by atomic mass is 10.6. The molecule has 0 bridgehead atoms. The van der Waals surface area contributed by atoms with Gasteiger partial charge >= 0.3 is 6.09 Å². The van der Waals surface area contributed by atoms with Crippen LogP contribution in [0.25, 0.3) is 5.82 Å². The van der Waals surface area contributed by atoms with Crippen molar-refractivity contribution in [1.29, 1.82) is 0 Å². The van der Waals surface area contributed by atoms with E-state index in [0.29, 0.717) is 5.82 Å². The summed E-state index contributed by atoms with van der Waals surface area (Å²) in [5, 5.41) is 8.07. The van der Waals surface area contributed by atoms with E-state index in [1.54, 1.807) is 30.2 Å². The lowest BCUT2D eigenvalue weighted by molar-refractivity contribution is 0.208. The molecule has 0 fully saturated rings. The molecule has 0 aromatic carbocycles. The van der Waals surface area contributed by atoms with Gasteiger partial charge in [0.15, 0.2) is 5.82 Å². The third-order valence-corrected chi connectivity index (χ3v) is 1.70. The van der Waals surface area contributed by atoms with Gasteiger partial charge in [0.05, 0.1) is 0 Å². The molecule has 1 amide bonds. The summed E-state index contributed by atoms with van der Waals surface area (Å²) in [5.41, 5.74) is 4.85. The largest absolute Gasteiger partial charge is 0.411 e. The van der Waals surface area contributed by atoms with Gasteiger partial charge in [0.1, 0.15) is 0 Å². The lowest BCUT2D eigenvalue weighted by Gasteiger charge is -1.95. The molecule has 2 N–H and O–H groups in total. The molecular weight excluding hydrogens is 198 g/mol. The number of hydrogen-bond donors (Lipinski definition) is 1. The van der Waals surface area contributed by atoms with Crippen LogP contribution in [0, 0.1) is 0 Å². The van der Waals surface area contributed by atoms with E-state index in [9.17, 15) is 4.79 Å². The maximum absolute atomic E-state index is 10.4. The first-order chi connectivity index (χ1) is 7.15. The molecule has 0 saturated heterocycles. The highest BCUT2D eigenvalue weighted by Gasteiger charge is 2.05. The average molecular weight is 207 g/mol. The Balaban J connectivity index is 2.23. The lowest BCUT2D eigenvalue weighted by Crippen LogP contribution is -2.16. The SMILES string of the molecule is Cn1ccc(-n2ccc(OC(N)=O)n2)n1. The van der Waals surface area contributed by atoms with Crippen LogP contribution < -0.4 is 10.5 Å². The molecule has 2 rings (SSSR count). The second kappa shape index (κ2) is 3.45. The smallest absolute Gasteiger partial charge is 0.390 e. The van der Waals surface area contributed by atoms with Gasteiger partial charge in [-0.1, -0.05) is 0 Å². The molecule has 0 aliphatic heterocycles. The number of nitrogens with zero attached hydrogens (tertiary/aromatic N) is 4. The number of primary amides is 1. The van der Waals surface area contributed by atoms with E-state index in [1.165, 1.54) is 10.7 Å². The van der Waals surface area contributed by atoms with Crippen molar-refractivity contribution in [3.8, 4) is 11.7 Å². The zero-order valence-corrected chi connectivity index (χ0v) is 7.99. The van der Waals surface area contributed by atoms with Gasteiger partial charge in [-0.05, 0) is 0 Å². The Morgan fingerprint density at radius 1 is 1.40 bits per heavy atom. The Bertz CT molecular complexity index is 487. The molecule has 0 aliphatic rings. The number of nitrogens with two attached hydrogens (primary N) is 1. The van der Waals surface area contributed by atoms with E-state index in [-0.39, 0.29) is 5.88 Å². The summed E-state index contributed by atoms with van der Waals surface area (Å²) in [6.45, 7) is 0. The number of aryl methyl sites for hydroxylation is 1. The van der Waals surface area contributed by atoms with Crippen LogP contribution in [-0.4, -0.2) is 25.7 Å². The van der Waals surface area contributed by atoms with Gasteiger partial charge in [-0.25, -0.2) is 9.48 Å². The molecule has 0 atom stereocenters. The maximum Gasteiger partial charge on any atom is 0.411 e. The second-order valence-corrected chi connectivity index (χ2v) is 2.87. The molecule has 2 aromatic rings. The monoisotopic (exact) mass is 207 g/mol. The van der Waals surface area contributed by atoms with Crippen LogP contribution >= 0.6 is 0 Å². The highest BCUT2D eigenvalue weighted by molar-refractivity contribution is 5.67. The highest BCUT2D eigenvalue weighted by atomic mass is 16.6. The topological polar surface area (TPSA) is 88.0 Å². The summed E-state index contributed by atoms with van der Waals surface area (Å²) in [4.78, 5) is 10.4. The molecule has 2 heterocycles. The second-order valence-electron chi connectivity index (χ2n) is 2.87. The van der Waals surface area contributed by atoms with Crippen molar-refractivity contribution in [1.82, 2.24) is 19.6 Å². The standard InChI is InChI=1S/C8H9N5O2/c1-12-4-2-6(10-12)13-5-3-7(11-13)15-8(9)14/h2-5H,1H3,(H2,9,14). The van der Waals surface area contributed by atoms with Crippen LogP contribution in [-0.2, 0) is 7.05 Å². The average Bonchev–Trinajstić information content (AvgIpc) is 2.72. The minimum absolute atomic E-state index is 0.146. The molecule has 0 saturated carbocycles. The summed E-state index contributed by atoms with van der Waals surface area (Å²) in [6, 6.07) is 3.31. The van der Waals surface area contributed by atoms with Gasteiger partial charge < -0.3 is 10.5 Å². The first-order valence-corrected chi connectivity index (χ1v) is 4.18. The zero-order valence-electron chi connectivity index (χ0n) is 7.99. The summed E-state index contributed by atoms with van der Waals surface area (Å²) in [5.74, 6) is 0.782. The van der Waals surface area contributed by atoms with E-state index in [0.717, 1.165) is 0 Å². The predicted octanol–water partition coefficient (Wildman–Crippen LogP) is 0.0633. The number of rotatable bonds is 2. The van der Waals surface area contributed by atoms with Crippen LogP contribution in [0.4, 0.5) is 4.79 Å². The number of hydrogen-bond acceptors (Lipinski definition) is 4. The van der Waals surface area contributed by atoms with Crippen molar-refractivity contribution < 1.29 is 9.53 Å². The molecule has 7 nitrogen and oxygen atoms in total. The van der Waals surface area contributed by atoms with Gasteiger partial charge in [0, 0.05) is 31.6 Å². The van der Waals surface area contributed by atoms with E-state index in [4.69, 9.17) is 5.73 Å². The number of amides is 1. The first-order valence-electron chi connectivity index (χ1n) is 4.18. The third kappa shape index (κ3) is 1.96. The van der Waals surface area contributed by atoms with Crippen LogP contribution in [0.15, 0.2) is 24.5 Å². The van der Waals surface area contributed by atoms with E-state index >= 15 is 0 Å². The summed E-state index contributed by atoms with van der Waals surface area (Å²) < 4.78 is 7.72. The van der Waals surface area contributed by atoms with Crippen LogP contribution in [0.5, 0.6) is 5.88 Å². The Kier molecular flexibility index (Phi) is 2.13. The number of carbonyl (C=O) groups excluding carboxylic acids is 1. The fourth-order valence-electron chi connectivity index (χ4n) is 1.12.